The van der Waals surface area contributed by atoms with Gasteiger partial charge >= 0.3 is 0 Å². The Morgan fingerprint density at radius 1 is 1.18 bits per heavy atom. The van der Waals surface area contributed by atoms with Gasteiger partial charge in [-0.2, -0.15) is 0 Å². The number of benzene rings is 1. The van der Waals surface area contributed by atoms with Gasteiger partial charge in [-0.25, -0.2) is 0 Å². The topological polar surface area (TPSA) is 18.5 Å². The van der Waals surface area contributed by atoms with E-state index in [1.165, 1.54) is 18.4 Å². The normalized spacial score (nSPS) is 23.5. The van der Waals surface area contributed by atoms with Crippen molar-refractivity contribution in [3.05, 3.63) is 35.9 Å². The van der Waals surface area contributed by atoms with Crippen LogP contribution < -0.4 is 9.47 Å². The third-order valence-electron chi connectivity index (χ3n) is 3.57. The first-order chi connectivity index (χ1) is 8.21. The number of para-hydroxylation sites is 1. The van der Waals surface area contributed by atoms with Crippen molar-refractivity contribution in [2.45, 2.75) is 31.6 Å². The number of ether oxygens (including phenoxy) is 2. The van der Waals surface area contributed by atoms with Crippen LogP contribution in [0.1, 0.15) is 31.7 Å². The van der Waals surface area contributed by atoms with Crippen molar-refractivity contribution in [2.75, 3.05) is 14.2 Å². The smallest absolute Gasteiger partial charge is 0.164 e. The van der Waals surface area contributed by atoms with Gasteiger partial charge < -0.3 is 9.47 Å². The molecule has 1 unspecified atom stereocenters. The van der Waals surface area contributed by atoms with Crippen LogP contribution in [0.5, 0.6) is 11.5 Å². The molecule has 17 heavy (non-hydrogen) atoms. The van der Waals surface area contributed by atoms with E-state index in [-0.39, 0.29) is 5.41 Å². The van der Waals surface area contributed by atoms with Crippen LogP contribution in [-0.4, -0.2) is 14.2 Å². The molecule has 1 aromatic rings. The fourth-order valence-electron chi connectivity index (χ4n) is 2.58. The van der Waals surface area contributed by atoms with Crippen LogP contribution in [-0.2, 0) is 5.41 Å². The molecule has 1 aromatic carbocycles. The summed E-state index contributed by atoms with van der Waals surface area (Å²) in [5.41, 5.74) is 1.29. The van der Waals surface area contributed by atoms with Gasteiger partial charge in [0.15, 0.2) is 11.5 Å². The van der Waals surface area contributed by atoms with Gasteiger partial charge in [-0.1, -0.05) is 31.2 Å². The highest BCUT2D eigenvalue weighted by molar-refractivity contribution is 5.51. The van der Waals surface area contributed by atoms with Crippen LogP contribution in [0.15, 0.2) is 30.4 Å². The molecule has 0 radical (unpaired) electrons. The molecule has 0 heterocycles. The largest absolute Gasteiger partial charge is 0.493 e. The van der Waals surface area contributed by atoms with E-state index < -0.39 is 0 Å². The van der Waals surface area contributed by atoms with E-state index in [9.17, 15) is 0 Å². The van der Waals surface area contributed by atoms with Crippen LogP contribution in [0.3, 0.4) is 0 Å². The molecule has 0 amide bonds. The molecule has 0 fully saturated rings. The van der Waals surface area contributed by atoms with Gasteiger partial charge in [0.2, 0.25) is 0 Å². The summed E-state index contributed by atoms with van der Waals surface area (Å²) in [4.78, 5) is 0. The van der Waals surface area contributed by atoms with Crippen molar-refractivity contribution in [1.29, 1.82) is 0 Å². The number of allylic oxidation sites excluding steroid dienone is 2. The van der Waals surface area contributed by atoms with Gasteiger partial charge in [0.25, 0.3) is 0 Å². The molecular formula is C15H20O2. The summed E-state index contributed by atoms with van der Waals surface area (Å²) in [6.45, 7) is 2.26. The van der Waals surface area contributed by atoms with E-state index >= 15 is 0 Å². The molecule has 1 atom stereocenters. The molecule has 1 aliphatic carbocycles. The molecule has 0 N–H and O–H groups in total. The van der Waals surface area contributed by atoms with Crippen LogP contribution >= 0.6 is 0 Å². The summed E-state index contributed by atoms with van der Waals surface area (Å²) in [6, 6.07) is 6.11. The van der Waals surface area contributed by atoms with Crippen molar-refractivity contribution >= 4 is 0 Å². The standard InChI is InChI=1S/C15H20O2/c1-15(10-5-4-6-11-15)12-8-7-9-13(16-2)14(12)17-3/h5,7-10H,4,6,11H2,1-3H3. The van der Waals surface area contributed by atoms with Crippen LogP contribution in [0.2, 0.25) is 0 Å². The molecule has 0 aromatic heterocycles. The predicted octanol–water partition coefficient (Wildman–Crippen LogP) is 3.70. The molecule has 0 saturated carbocycles. The van der Waals surface area contributed by atoms with Gasteiger partial charge in [-0.05, 0) is 25.3 Å². The molecule has 0 bridgehead atoms. The SMILES string of the molecule is COc1cccc(C2(C)C=CCCC2)c1OC. The summed E-state index contributed by atoms with van der Waals surface area (Å²) in [5.74, 6) is 1.68. The lowest BCUT2D eigenvalue weighted by Crippen LogP contribution is -2.22. The second kappa shape index (κ2) is 4.82. The fourth-order valence-corrected chi connectivity index (χ4v) is 2.58. The zero-order valence-corrected chi connectivity index (χ0v) is 10.8. The Labute approximate surface area is 103 Å². The van der Waals surface area contributed by atoms with Crippen molar-refractivity contribution < 1.29 is 9.47 Å². The highest BCUT2D eigenvalue weighted by Gasteiger charge is 2.29. The maximum absolute atomic E-state index is 5.53. The summed E-state index contributed by atoms with van der Waals surface area (Å²) in [7, 11) is 3.39. The Morgan fingerprint density at radius 3 is 2.59 bits per heavy atom. The van der Waals surface area contributed by atoms with E-state index in [0.717, 1.165) is 17.9 Å². The minimum absolute atomic E-state index is 0.0676. The average Bonchev–Trinajstić information content (AvgIpc) is 2.38. The van der Waals surface area contributed by atoms with Crippen LogP contribution in [0.25, 0.3) is 0 Å². The Balaban J connectivity index is 2.50. The van der Waals surface area contributed by atoms with Gasteiger partial charge in [0.1, 0.15) is 0 Å². The van der Waals surface area contributed by atoms with Crippen molar-refractivity contribution in [3.8, 4) is 11.5 Å². The molecule has 0 spiro atoms. The Kier molecular flexibility index (Phi) is 3.41. The van der Waals surface area contributed by atoms with Crippen molar-refractivity contribution in [2.24, 2.45) is 0 Å². The summed E-state index contributed by atoms with van der Waals surface area (Å²) in [6.07, 6.45) is 8.14. The van der Waals surface area contributed by atoms with Gasteiger partial charge in [0.05, 0.1) is 14.2 Å². The van der Waals surface area contributed by atoms with Crippen molar-refractivity contribution in [1.82, 2.24) is 0 Å². The monoisotopic (exact) mass is 232 g/mol. The average molecular weight is 232 g/mol. The molecule has 1 aliphatic rings. The molecular weight excluding hydrogens is 212 g/mol. The lowest BCUT2D eigenvalue weighted by atomic mass is 9.75. The number of rotatable bonds is 3. The van der Waals surface area contributed by atoms with Gasteiger partial charge in [0, 0.05) is 11.0 Å². The maximum atomic E-state index is 5.53. The molecule has 2 nitrogen and oxygen atoms in total. The predicted molar refractivity (Wildman–Crippen MR) is 69.9 cm³/mol. The summed E-state index contributed by atoms with van der Waals surface area (Å²) >= 11 is 0. The summed E-state index contributed by atoms with van der Waals surface area (Å²) < 4.78 is 10.9. The van der Waals surface area contributed by atoms with E-state index in [0.29, 0.717) is 0 Å². The highest BCUT2D eigenvalue weighted by atomic mass is 16.5. The molecule has 0 aliphatic heterocycles. The van der Waals surface area contributed by atoms with E-state index in [2.05, 4.69) is 25.1 Å². The number of methoxy groups -OCH3 is 2. The number of hydrogen-bond acceptors (Lipinski definition) is 2. The third-order valence-corrected chi connectivity index (χ3v) is 3.57. The fraction of sp³-hybridized carbons (Fsp3) is 0.467. The summed E-state index contributed by atoms with van der Waals surface area (Å²) in [5, 5.41) is 0. The first kappa shape index (κ1) is 12.0. The maximum Gasteiger partial charge on any atom is 0.164 e. The Hall–Kier alpha value is -1.44. The van der Waals surface area contributed by atoms with E-state index in [4.69, 9.17) is 9.47 Å². The molecule has 2 heteroatoms. The van der Waals surface area contributed by atoms with Crippen molar-refractivity contribution in [3.63, 3.8) is 0 Å². The lowest BCUT2D eigenvalue weighted by molar-refractivity contribution is 0.342. The Bertz CT molecular complexity index is 423. The number of hydrogen-bond donors (Lipinski definition) is 0. The zero-order valence-electron chi connectivity index (χ0n) is 10.8. The molecule has 0 saturated heterocycles. The van der Waals surface area contributed by atoms with E-state index in [1.54, 1.807) is 14.2 Å². The lowest BCUT2D eigenvalue weighted by Gasteiger charge is -2.31. The minimum atomic E-state index is 0.0676. The first-order valence-electron chi connectivity index (χ1n) is 6.10. The second-order valence-corrected chi connectivity index (χ2v) is 4.75. The van der Waals surface area contributed by atoms with Crippen LogP contribution in [0.4, 0.5) is 0 Å². The second-order valence-electron chi connectivity index (χ2n) is 4.75. The Morgan fingerprint density at radius 2 is 2.00 bits per heavy atom. The van der Waals surface area contributed by atoms with Gasteiger partial charge in [-0.3, -0.25) is 0 Å². The van der Waals surface area contributed by atoms with E-state index in [1.807, 2.05) is 12.1 Å². The quantitative estimate of drug-likeness (QED) is 0.740. The molecule has 92 valence electrons. The van der Waals surface area contributed by atoms with Crippen LogP contribution in [0, 0.1) is 0 Å². The highest BCUT2D eigenvalue weighted by Crippen LogP contribution is 2.43. The molecule has 2 rings (SSSR count). The van der Waals surface area contributed by atoms with Gasteiger partial charge in [-0.15, -0.1) is 0 Å². The zero-order chi connectivity index (χ0) is 12.3. The third kappa shape index (κ3) is 2.17. The first-order valence-corrected chi connectivity index (χ1v) is 6.10. The minimum Gasteiger partial charge on any atom is -0.493 e.